The van der Waals surface area contributed by atoms with Gasteiger partial charge in [-0.05, 0) is 60.7 Å². The Kier molecular flexibility index (Phi) is 8.41. The molecular formula is C25H23Cl3N4O3S. The zero-order valence-corrected chi connectivity index (χ0v) is 22.4. The number of nitrogens with zero attached hydrogens (tertiary/aromatic N) is 2. The Labute approximate surface area is 229 Å². The average molecular weight is 566 g/mol. The Balaban J connectivity index is 1.43. The molecule has 0 atom stereocenters. The van der Waals surface area contributed by atoms with Gasteiger partial charge in [0.15, 0.2) is 10.9 Å². The number of hydrogen-bond donors (Lipinski definition) is 2. The summed E-state index contributed by atoms with van der Waals surface area (Å²) in [6, 6.07) is 13.6. The summed E-state index contributed by atoms with van der Waals surface area (Å²) in [5, 5.41) is 7.24. The molecule has 2 N–H and O–H groups in total. The fourth-order valence-electron chi connectivity index (χ4n) is 3.91. The number of rotatable bonds is 5. The maximum absolute atomic E-state index is 12.8. The summed E-state index contributed by atoms with van der Waals surface area (Å²) in [6.45, 7) is 4.46. The SMILES string of the molecule is CCC(=O)N1CCN(c2ccc(Cl)cc2NC(=S)NC(=O)c2ccc(-c3cc(Cl)ccc3Cl)o2)CC1. The Morgan fingerprint density at radius 1 is 0.972 bits per heavy atom. The van der Waals surface area contributed by atoms with Crippen LogP contribution >= 0.6 is 47.0 Å². The number of carbonyl (C=O) groups is 2. The summed E-state index contributed by atoms with van der Waals surface area (Å²) >= 11 is 23.9. The summed E-state index contributed by atoms with van der Waals surface area (Å²) in [6.07, 6.45) is 0.491. The van der Waals surface area contributed by atoms with Crippen LogP contribution in [-0.2, 0) is 4.79 Å². The number of furan rings is 1. The highest BCUT2D eigenvalue weighted by molar-refractivity contribution is 7.80. The lowest BCUT2D eigenvalue weighted by atomic mass is 10.2. The van der Waals surface area contributed by atoms with Crippen LogP contribution in [0.15, 0.2) is 52.9 Å². The van der Waals surface area contributed by atoms with Crippen molar-refractivity contribution < 1.29 is 14.0 Å². The molecule has 7 nitrogen and oxygen atoms in total. The highest BCUT2D eigenvalue weighted by atomic mass is 35.5. The van der Waals surface area contributed by atoms with Crippen molar-refractivity contribution in [3.05, 3.63) is 69.4 Å². The van der Waals surface area contributed by atoms with E-state index in [2.05, 4.69) is 15.5 Å². The summed E-state index contributed by atoms with van der Waals surface area (Å²) in [5.74, 6) is 0.0939. The second kappa shape index (κ2) is 11.5. The largest absolute Gasteiger partial charge is 0.451 e. The van der Waals surface area contributed by atoms with Gasteiger partial charge in [-0.25, -0.2) is 0 Å². The molecule has 1 fully saturated rings. The number of thiocarbonyl (C=S) groups is 1. The van der Waals surface area contributed by atoms with E-state index >= 15 is 0 Å². The van der Waals surface area contributed by atoms with Crippen molar-refractivity contribution >= 4 is 75.3 Å². The molecule has 1 aliphatic heterocycles. The van der Waals surface area contributed by atoms with Crippen molar-refractivity contribution in [1.29, 1.82) is 0 Å². The van der Waals surface area contributed by atoms with Gasteiger partial charge in [-0.2, -0.15) is 0 Å². The fourth-order valence-corrected chi connectivity index (χ4v) is 4.67. The lowest BCUT2D eigenvalue weighted by Gasteiger charge is -2.37. The van der Waals surface area contributed by atoms with Crippen LogP contribution in [0.25, 0.3) is 11.3 Å². The Bertz CT molecular complexity index is 1310. The van der Waals surface area contributed by atoms with Crippen LogP contribution in [0.2, 0.25) is 15.1 Å². The highest BCUT2D eigenvalue weighted by Gasteiger charge is 2.23. The predicted molar refractivity (Wildman–Crippen MR) is 148 cm³/mol. The van der Waals surface area contributed by atoms with Gasteiger partial charge in [-0.15, -0.1) is 0 Å². The van der Waals surface area contributed by atoms with Gasteiger partial charge in [-0.3, -0.25) is 14.9 Å². The molecule has 4 rings (SSSR count). The van der Waals surface area contributed by atoms with E-state index in [9.17, 15) is 9.59 Å². The molecule has 2 amide bonds. The Hall–Kier alpha value is -2.78. The molecule has 36 heavy (non-hydrogen) atoms. The first-order valence-corrected chi connectivity index (χ1v) is 12.8. The third-order valence-corrected chi connectivity index (χ3v) is 6.74. The average Bonchev–Trinajstić information content (AvgIpc) is 3.35. The van der Waals surface area contributed by atoms with E-state index in [1.807, 2.05) is 17.9 Å². The molecule has 1 aliphatic rings. The standard InChI is InChI=1S/C25H23Cl3N4O3S/c1-2-23(33)32-11-9-31(10-12-32)20-6-4-16(27)14-19(20)29-25(36)30-24(34)22-8-7-21(35-22)17-13-15(26)3-5-18(17)28/h3-8,13-14H,2,9-12H2,1H3,(H2,29,30,34,36). The smallest absolute Gasteiger partial charge is 0.293 e. The van der Waals surface area contributed by atoms with E-state index in [-0.39, 0.29) is 16.8 Å². The molecule has 2 aromatic carbocycles. The number of piperazine rings is 1. The normalized spacial score (nSPS) is 13.4. The topological polar surface area (TPSA) is 77.8 Å². The van der Waals surface area contributed by atoms with Gasteiger partial charge in [0.05, 0.1) is 16.4 Å². The molecule has 188 valence electrons. The number of amides is 2. The minimum Gasteiger partial charge on any atom is -0.451 e. The minimum absolute atomic E-state index is 0.0632. The van der Waals surface area contributed by atoms with Crippen molar-refractivity contribution in [2.45, 2.75) is 13.3 Å². The number of nitrogens with one attached hydrogen (secondary N) is 2. The predicted octanol–water partition coefficient (Wildman–Crippen LogP) is 6.09. The van der Waals surface area contributed by atoms with Crippen LogP contribution in [0.3, 0.4) is 0 Å². The van der Waals surface area contributed by atoms with Crippen LogP contribution in [0, 0.1) is 0 Å². The molecule has 3 aromatic rings. The lowest BCUT2D eigenvalue weighted by molar-refractivity contribution is -0.131. The van der Waals surface area contributed by atoms with Crippen LogP contribution < -0.4 is 15.5 Å². The van der Waals surface area contributed by atoms with Gasteiger partial charge in [0.2, 0.25) is 5.91 Å². The van der Waals surface area contributed by atoms with Crippen LogP contribution in [0.4, 0.5) is 11.4 Å². The molecule has 11 heteroatoms. The minimum atomic E-state index is -0.521. The molecule has 0 radical (unpaired) electrons. The van der Waals surface area contributed by atoms with Crippen molar-refractivity contribution in [2.24, 2.45) is 0 Å². The fraction of sp³-hybridized carbons (Fsp3) is 0.240. The molecule has 1 saturated heterocycles. The first-order chi connectivity index (χ1) is 17.2. The van der Waals surface area contributed by atoms with E-state index in [1.54, 1.807) is 36.4 Å². The number of benzene rings is 2. The highest BCUT2D eigenvalue weighted by Crippen LogP contribution is 2.32. The van der Waals surface area contributed by atoms with Crippen molar-refractivity contribution in [2.75, 3.05) is 36.4 Å². The van der Waals surface area contributed by atoms with E-state index in [4.69, 9.17) is 51.4 Å². The summed E-state index contributed by atoms with van der Waals surface area (Å²) in [7, 11) is 0. The van der Waals surface area contributed by atoms with Crippen LogP contribution in [0.5, 0.6) is 0 Å². The second-order valence-corrected chi connectivity index (χ2v) is 9.77. The van der Waals surface area contributed by atoms with Gasteiger partial charge in [0.25, 0.3) is 5.91 Å². The van der Waals surface area contributed by atoms with E-state index in [0.29, 0.717) is 64.7 Å². The van der Waals surface area contributed by atoms with Crippen molar-refractivity contribution in [3.63, 3.8) is 0 Å². The van der Waals surface area contributed by atoms with Crippen LogP contribution in [0.1, 0.15) is 23.9 Å². The van der Waals surface area contributed by atoms with Gasteiger partial charge in [0, 0.05) is 48.2 Å². The van der Waals surface area contributed by atoms with Gasteiger partial charge in [0.1, 0.15) is 5.76 Å². The first kappa shape index (κ1) is 26.3. The first-order valence-electron chi connectivity index (χ1n) is 11.2. The second-order valence-electron chi connectivity index (χ2n) is 8.08. The summed E-state index contributed by atoms with van der Waals surface area (Å²) in [4.78, 5) is 28.8. The number of anilines is 2. The van der Waals surface area contributed by atoms with E-state index in [0.717, 1.165) is 5.69 Å². The molecule has 0 bridgehead atoms. The van der Waals surface area contributed by atoms with Crippen LogP contribution in [-0.4, -0.2) is 48.0 Å². The summed E-state index contributed by atoms with van der Waals surface area (Å²) < 4.78 is 5.69. The maximum Gasteiger partial charge on any atom is 0.293 e. The van der Waals surface area contributed by atoms with Gasteiger partial charge >= 0.3 is 0 Å². The summed E-state index contributed by atoms with van der Waals surface area (Å²) in [5.41, 5.74) is 2.10. The number of halogens is 3. The molecule has 0 unspecified atom stereocenters. The number of carbonyl (C=O) groups excluding carboxylic acids is 2. The molecule has 2 heterocycles. The van der Waals surface area contributed by atoms with E-state index < -0.39 is 5.91 Å². The molecule has 1 aromatic heterocycles. The third kappa shape index (κ3) is 6.13. The molecule has 0 spiro atoms. The zero-order valence-electron chi connectivity index (χ0n) is 19.3. The van der Waals surface area contributed by atoms with E-state index in [1.165, 1.54) is 6.07 Å². The zero-order chi connectivity index (χ0) is 25.8. The quantitative estimate of drug-likeness (QED) is 0.365. The van der Waals surface area contributed by atoms with Crippen molar-refractivity contribution in [1.82, 2.24) is 10.2 Å². The molecule has 0 saturated carbocycles. The van der Waals surface area contributed by atoms with Crippen molar-refractivity contribution in [3.8, 4) is 11.3 Å². The van der Waals surface area contributed by atoms with Gasteiger partial charge < -0.3 is 19.5 Å². The lowest BCUT2D eigenvalue weighted by Crippen LogP contribution is -2.48. The molecule has 0 aliphatic carbocycles. The molecular weight excluding hydrogens is 543 g/mol. The Morgan fingerprint density at radius 2 is 1.67 bits per heavy atom. The Morgan fingerprint density at radius 3 is 2.39 bits per heavy atom. The van der Waals surface area contributed by atoms with Gasteiger partial charge in [-0.1, -0.05) is 41.7 Å². The number of hydrogen-bond acceptors (Lipinski definition) is 5. The third-order valence-electron chi connectivity index (χ3n) is 5.73. The maximum atomic E-state index is 12.8. The monoisotopic (exact) mass is 564 g/mol.